The Labute approximate surface area is 172 Å². The zero-order valence-electron chi connectivity index (χ0n) is 16.4. The van der Waals surface area contributed by atoms with Gasteiger partial charge < -0.3 is 15.1 Å². The van der Waals surface area contributed by atoms with Crippen molar-refractivity contribution in [2.75, 3.05) is 11.9 Å². The molecule has 0 unspecified atom stereocenters. The third-order valence-corrected chi connectivity index (χ3v) is 4.43. The van der Waals surface area contributed by atoms with Crippen molar-refractivity contribution >= 4 is 17.5 Å². The van der Waals surface area contributed by atoms with E-state index in [1.165, 1.54) is 12.3 Å². The minimum atomic E-state index is -0.758. The lowest BCUT2D eigenvalue weighted by molar-refractivity contribution is -0.124. The van der Waals surface area contributed by atoms with Gasteiger partial charge in [0.2, 0.25) is 11.8 Å². The lowest BCUT2D eigenvalue weighted by Gasteiger charge is -2.10. The van der Waals surface area contributed by atoms with Gasteiger partial charge in [-0.05, 0) is 30.2 Å². The maximum Gasteiger partial charge on any atom is 0.243 e. The van der Waals surface area contributed by atoms with Crippen LogP contribution in [-0.4, -0.2) is 23.3 Å². The van der Waals surface area contributed by atoms with Crippen molar-refractivity contribution in [1.82, 2.24) is 10.3 Å². The minimum Gasteiger partial charge on any atom is -0.441 e. The van der Waals surface area contributed by atoms with E-state index in [0.29, 0.717) is 0 Å². The van der Waals surface area contributed by atoms with Gasteiger partial charge >= 0.3 is 0 Å². The number of anilines is 1. The highest BCUT2D eigenvalue weighted by Gasteiger charge is 2.13. The lowest BCUT2D eigenvalue weighted by atomic mass is 10.1. The number of aryl methyl sites for hydroxylation is 2. The van der Waals surface area contributed by atoms with Crippen LogP contribution >= 0.6 is 0 Å². The molecular weight excluding hydrogens is 392 g/mol. The fourth-order valence-electron chi connectivity index (χ4n) is 2.87. The van der Waals surface area contributed by atoms with Crippen molar-refractivity contribution in [3.8, 4) is 11.3 Å². The molecule has 156 valence electrons. The highest BCUT2D eigenvalue weighted by atomic mass is 19.1. The van der Waals surface area contributed by atoms with Crippen molar-refractivity contribution in [2.24, 2.45) is 0 Å². The second kappa shape index (κ2) is 9.78. The van der Waals surface area contributed by atoms with Gasteiger partial charge in [0.1, 0.15) is 11.6 Å². The van der Waals surface area contributed by atoms with E-state index in [-0.39, 0.29) is 48.4 Å². The maximum absolute atomic E-state index is 13.8. The Bertz CT molecular complexity index is 1050. The number of oxazole rings is 1. The number of nitrogens with one attached hydrogen (secondary N) is 2. The molecule has 0 fully saturated rings. The largest absolute Gasteiger partial charge is 0.441 e. The monoisotopic (exact) mass is 413 g/mol. The molecular formula is C22H21F2N3O3. The van der Waals surface area contributed by atoms with Gasteiger partial charge in [0.25, 0.3) is 0 Å². The molecule has 6 nitrogen and oxygen atoms in total. The van der Waals surface area contributed by atoms with E-state index in [1.807, 2.05) is 31.2 Å². The first-order chi connectivity index (χ1) is 14.5. The number of hydrogen-bond acceptors (Lipinski definition) is 4. The van der Waals surface area contributed by atoms with Crippen molar-refractivity contribution in [3.63, 3.8) is 0 Å². The molecule has 1 aromatic heterocycles. The second-order valence-electron chi connectivity index (χ2n) is 6.58. The van der Waals surface area contributed by atoms with Crippen LogP contribution in [0, 0.1) is 11.6 Å². The molecule has 3 rings (SSSR count). The van der Waals surface area contributed by atoms with E-state index in [9.17, 15) is 18.4 Å². The molecule has 0 aliphatic rings. The van der Waals surface area contributed by atoms with Crippen LogP contribution in [0.2, 0.25) is 0 Å². The minimum absolute atomic E-state index is 0.0463. The third-order valence-electron chi connectivity index (χ3n) is 4.43. The number of benzene rings is 2. The van der Waals surface area contributed by atoms with Crippen molar-refractivity contribution in [2.45, 2.75) is 26.2 Å². The van der Waals surface area contributed by atoms with Gasteiger partial charge in [-0.15, -0.1) is 0 Å². The van der Waals surface area contributed by atoms with Crippen LogP contribution < -0.4 is 10.6 Å². The number of aromatic nitrogens is 1. The number of nitrogens with zero attached hydrogens (tertiary/aromatic N) is 1. The van der Waals surface area contributed by atoms with E-state index < -0.39 is 11.6 Å². The quantitative estimate of drug-likeness (QED) is 0.587. The molecule has 30 heavy (non-hydrogen) atoms. The van der Waals surface area contributed by atoms with E-state index in [4.69, 9.17) is 4.42 Å². The number of amides is 2. The predicted octanol–water partition coefficient (Wildman–Crippen LogP) is 3.87. The van der Waals surface area contributed by atoms with Crippen LogP contribution in [0.5, 0.6) is 0 Å². The van der Waals surface area contributed by atoms with Gasteiger partial charge in [-0.3, -0.25) is 9.59 Å². The Kier molecular flexibility index (Phi) is 6.90. The fraction of sp³-hybridized carbons (Fsp3) is 0.227. The molecule has 0 bridgehead atoms. The average Bonchev–Trinajstić information content (AvgIpc) is 3.20. The molecule has 2 amide bonds. The summed E-state index contributed by atoms with van der Waals surface area (Å²) in [5.74, 6) is -1.72. The molecule has 0 aliphatic heterocycles. The smallest absolute Gasteiger partial charge is 0.243 e. The molecule has 1 heterocycles. The lowest BCUT2D eigenvalue weighted by Crippen LogP contribution is -2.33. The highest BCUT2D eigenvalue weighted by Crippen LogP contribution is 2.24. The van der Waals surface area contributed by atoms with Crippen molar-refractivity contribution < 1.29 is 22.8 Å². The van der Waals surface area contributed by atoms with E-state index in [1.54, 1.807) is 0 Å². The fourth-order valence-corrected chi connectivity index (χ4v) is 2.87. The molecule has 0 saturated carbocycles. The van der Waals surface area contributed by atoms with Gasteiger partial charge in [0.05, 0.1) is 18.3 Å². The molecule has 0 radical (unpaired) electrons. The molecule has 3 aromatic rings. The average molecular weight is 413 g/mol. The summed E-state index contributed by atoms with van der Waals surface area (Å²) in [6, 6.07) is 10.6. The number of rotatable bonds is 8. The normalized spacial score (nSPS) is 10.6. The maximum atomic E-state index is 13.8. The van der Waals surface area contributed by atoms with Gasteiger partial charge in [-0.2, -0.15) is 0 Å². The molecule has 2 N–H and O–H groups in total. The van der Waals surface area contributed by atoms with Gasteiger partial charge in [0, 0.05) is 24.6 Å². The van der Waals surface area contributed by atoms with Gasteiger partial charge in [-0.1, -0.05) is 25.1 Å². The second-order valence-corrected chi connectivity index (χ2v) is 6.58. The Balaban J connectivity index is 1.47. The summed E-state index contributed by atoms with van der Waals surface area (Å²) < 4.78 is 32.3. The van der Waals surface area contributed by atoms with Crippen LogP contribution in [0.1, 0.15) is 24.8 Å². The number of carbonyl (C=O) groups is 2. The first-order valence-electron chi connectivity index (χ1n) is 9.51. The van der Waals surface area contributed by atoms with Crippen LogP contribution in [0.25, 0.3) is 11.3 Å². The Morgan fingerprint density at radius 2 is 1.90 bits per heavy atom. The Morgan fingerprint density at radius 1 is 1.10 bits per heavy atom. The number of carbonyl (C=O) groups excluding carboxylic acids is 2. The first kappa shape index (κ1) is 21.2. The summed E-state index contributed by atoms with van der Waals surface area (Å²) in [7, 11) is 0. The molecule has 2 aromatic carbocycles. The first-order valence-corrected chi connectivity index (χ1v) is 9.51. The Hall–Kier alpha value is -3.55. The van der Waals surface area contributed by atoms with Gasteiger partial charge in [0.15, 0.2) is 11.7 Å². The molecule has 0 saturated heterocycles. The summed E-state index contributed by atoms with van der Waals surface area (Å²) in [5, 5.41) is 5.32. The van der Waals surface area contributed by atoms with E-state index in [0.717, 1.165) is 29.8 Å². The SMILES string of the molecule is CCc1ccccc1NC(=O)CNC(=O)CCc1ncc(-c2ccc(F)cc2F)o1. The summed E-state index contributed by atoms with van der Waals surface area (Å²) in [6.45, 7) is 1.83. The standard InChI is InChI=1S/C22H21F2N3O3/c1-2-14-5-3-4-6-18(14)27-21(29)13-25-20(28)9-10-22-26-12-19(30-22)16-8-7-15(23)11-17(16)24/h3-8,11-12H,2,9-10,13H2,1H3,(H,25,28)(H,27,29). The summed E-state index contributed by atoms with van der Waals surface area (Å²) in [5.41, 5.74) is 1.82. The zero-order valence-corrected chi connectivity index (χ0v) is 16.4. The third kappa shape index (κ3) is 5.50. The van der Waals surface area contributed by atoms with Crippen molar-refractivity contribution in [1.29, 1.82) is 0 Å². The van der Waals surface area contributed by atoms with Crippen LogP contribution in [-0.2, 0) is 22.4 Å². The topological polar surface area (TPSA) is 84.2 Å². The summed E-state index contributed by atoms with van der Waals surface area (Å²) >= 11 is 0. The molecule has 0 atom stereocenters. The van der Waals surface area contributed by atoms with E-state index >= 15 is 0 Å². The number of halogens is 2. The number of para-hydroxylation sites is 1. The molecule has 0 spiro atoms. The number of hydrogen-bond donors (Lipinski definition) is 2. The van der Waals surface area contributed by atoms with Crippen molar-refractivity contribution in [3.05, 3.63) is 71.8 Å². The van der Waals surface area contributed by atoms with Crippen LogP contribution in [0.3, 0.4) is 0 Å². The van der Waals surface area contributed by atoms with Crippen LogP contribution in [0.15, 0.2) is 53.1 Å². The van der Waals surface area contributed by atoms with Gasteiger partial charge in [-0.25, -0.2) is 13.8 Å². The summed E-state index contributed by atoms with van der Waals surface area (Å²) in [6.07, 6.45) is 2.32. The Morgan fingerprint density at radius 3 is 2.67 bits per heavy atom. The summed E-state index contributed by atoms with van der Waals surface area (Å²) in [4.78, 5) is 28.1. The highest BCUT2D eigenvalue weighted by molar-refractivity contribution is 5.95. The predicted molar refractivity (Wildman–Crippen MR) is 108 cm³/mol. The zero-order chi connectivity index (χ0) is 21.5. The van der Waals surface area contributed by atoms with E-state index in [2.05, 4.69) is 15.6 Å². The van der Waals surface area contributed by atoms with Crippen LogP contribution in [0.4, 0.5) is 14.5 Å². The molecule has 0 aliphatic carbocycles. The molecule has 8 heteroatoms.